The van der Waals surface area contributed by atoms with Crippen LogP contribution in [-0.2, 0) is 0 Å². The quantitative estimate of drug-likeness (QED) is 0.358. The van der Waals surface area contributed by atoms with Crippen molar-refractivity contribution in [3.8, 4) is 10.8 Å². The predicted molar refractivity (Wildman–Crippen MR) is 68.8 cm³/mol. The molecule has 1 aromatic rings. The second kappa shape index (κ2) is 6.32. The van der Waals surface area contributed by atoms with E-state index in [0.29, 0.717) is 15.5 Å². The van der Waals surface area contributed by atoms with Gasteiger partial charge in [-0.1, -0.05) is 6.07 Å². The molecule has 0 saturated carbocycles. The van der Waals surface area contributed by atoms with Gasteiger partial charge in [-0.3, -0.25) is 0 Å². The summed E-state index contributed by atoms with van der Waals surface area (Å²) in [7, 11) is 0. The van der Waals surface area contributed by atoms with Crippen LogP contribution in [0.25, 0.3) is 0 Å². The Labute approximate surface area is 107 Å². The van der Waals surface area contributed by atoms with Crippen LogP contribution in [0.15, 0.2) is 26.9 Å². The number of rotatable bonds is 3. The standard InChI is InChI=1S/C10H5N3S3/c1-7-2-3-8(15-4-11)10(16-5-12)9(7)13-6-14/h2-3H,1H3. The van der Waals surface area contributed by atoms with Crippen molar-refractivity contribution in [1.82, 2.24) is 0 Å². The van der Waals surface area contributed by atoms with Crippen LogP contribution in [0, 0.1) is 28.3 Å². The summed E-state index contributed by atoms with van der Waals surface area (Å²) < 4.78 is 0. The molecular weight excluding hydrogens is 258 g/mol. The van der Waals surface area contributed by atoms with Crippen LogP contribution in [0.5, 0.6) is 0 Å². The van der Waals surface area contributed by atoms with Gasteiger partial charge in [0.15, 0.2) is 0 Å². The monoisotopic (exact) mass is 263 g/mol. The minimum Gasteiger partial charge on any atom is -0.193 e. The lowest BCUT2D eigenvalue weighted by atomic mass is 10.2. The molecule has 0 N–H and O–H groups in total. The molecule has 0 aliphatic carbocycles. The highest BCUT2D eigenvalue weighted by Gasteiger charge is 2.12. The molecule has 0 spiro atoms. The molecule has 6 heteroatoms. The first-order valence-corrected chi connectivity index (χ1v) is 6.12. The molecule has 0 heterocycles. The maximum Gasteiger partial charge on any atom is 0.138 e. The van der Waals surface area contributed by atoms with Gasteiger partial charge in [-0.15, -0.1) is 0 Å². The number of thioether (sulfide) groups is 2. The summed E-state index contributed by atoms with van der Waals surface area (Å²) in [6.45, 7) is 1.87. The van der Waals surface area contributed by atoms with Gasteiger partial charge in [-0.05, 0) is 54.3 Å². The molecule has 0 unspecified atom stereocenters. The summed E-state index contributed by atoms with van der Waals surface area (Å²) in [6, 6.07) is 3.64. The molecule has 0 atom stereocenters. The Hall–Kier alpha value is -1.30. The van der Waals surface area contributed by atoms with E-state index >= 15 is 0 Å². The molecule has 16 heavy (non-hydrogen) atoms. The van der Waals surface area contributed by atoms with Crippen molar-refractivity contribution in [2.24, 2.45) is 4.99 Å². The second-order valence-corrected chi connectivity index (χ2v) is 4.45. The van der Waals surface area contributed by atoms with Gasteiger partial charge in [-0.25, -0.2) is 0 Å². The average Bonchev–Trinajstić information content (AvgIpc) is 2.27. The van der Waals surface area contributed by atoms with Crippen molar-refractivity contribution in [1.29, 1.82) is 10.5 Å². The third-order valence-corrected chi connectivity index (χ3v) is 3.34. The van der Waals surface area contributed by atoms with Crippen LogP contribution in [0.4, 0.5) is 5.69 Å². The summed E-state index contributed by atoms with van der Waals surface area (Å²) in [5.74, 6) is 0. The van der Waals surface area contributed by atoms with Gasteiger partial charge in [0.1, 0.15) is 10.8 Å². The van der Waals surface area contributed by atoms with Crippen molar-refractivity contribution in [2.45, 2.75) is 16.7 Å². The fourth-order valence-electron chi connectivity index (χ4n) is 1.11. The van der Waals surface area contributed by atoms with Crippen molar-refractivity contribution >= 4 is 46.6 Å². The maximum atomic E-state index is 8.73. The van der Waals surface area contributed by atoms with Crippen LogP contribution in [0.3, 0.4) is 0 Å². The number of hydrogen-bond acceptors (Lipinski definition) is 6. The molecule has 3 nitrogen and oxygen atoms in total. The smallest absolute Gasteiger partial charge is 0.138 e. The summed E-state index contributed by atoms with van der Waals surface area (Å²) in [5.41, 5.74) is 1.51. The molecule has 0 aromatic heterocycles. The van der Waals surface area contributed by atoms with Crippen LogP contribution in [0.2, 0.25) is 0 Å². The number of hydrogen-bond donors (Lipinski definition) is 0. The van der Waals surface area contributed by atoms with E-state index in [1.807, 2.05) is 23.8 Å². The molecule has 78 valence electrons. The highest BCUT2D eigenvalue weighted by molar-refractivity contribution is 8.06. The lowest BCUT2D eigenvalue weighted by molar-refractivity contribution is 1.20. The van der Waals surface area contributed by atoms with E-state index in [2.05, 4.69) is 22.4 Å². The zero-order chi connectivity index (χ0) is 12.0. The average molecular weight is 263 g/mol. The van der Waals surface area contributed by atoms with Gasteiger partial charge >= 0.3 is 0 Å². The Bertz CT molecular complexity index is 533. The van der Waals surface area contributed by atoms with Gasteiger partial charge in [0, 0.05) is 4.90 Å². The lowest BCUT2D eigenvalue weighted by Crippen LogP contribution is -1.82. The number of nitrogens with zero attached hydrogens (tertiary/aromatic N) is 3. The molecule has 0 bridgehead atoms. The van der Waals surface area contributed by atoms with Crippen LogP contribution < -0.4 is 0 Å². The topological polar surface area (TPSA) is 59.9 Å². The van der Waals surface area contributed by atoms with E-state index < -0.39 is 0 Å². The van der Waals surface area contributed by atoms with Crippen molar-refractivity contribution in [3.05, 3.63) is 17.7 Å². The van der Waals surface area contributed by atoms with Gasteiger partial charge in [0.05, 0.1) is 15.7 Å². The van der Waals surface area contributed by atoms with Gasteiger partial charge in [-0.2, -0.15) is 15.5 Å². The summed E-state index contributed by atoms with van der Waals surface area (Å²) in [5, 5.41) is 23.6. The minimum atomic E-state index is 0.613. The third kappa shape index (κ3) is 2.85. The van der Waals surface area contributed by atoms with E-state index in [-0.39, 0.29) is 0 Å². The number of aryl methyl sites for hydroxylation is 1. The Balaban J connectivity index is 3.44. The Morgan fingerprint density at radius 3 is 2.50 bits per heavy atom. The molecule has 0 saturated heterocycles. The third-order valence-electron chi connectivity index (χ3n) is 1.76. The summed E-state index contributed by atoms with van der Waals surface area (Å²) >= 11 is 6.54. The van der Waals surface area contributed by atoms with E-state index in [9.17, 15) is 0 Å². The zero-order valence-corrected chi connectivity index (χ0v) is 10.7. The fraction of sp³-hybridized carbons (Fsp3) is 0.100. The number of nitriles is 2. The van der Waals surface area contributed by atoms with Gasteiger partial charge in [0.25, 0.3) is 0 Å². The highest BCUT2D eigenvalue weighted by atomic mass is 32.2. The second-order valence-electron chi connectivity index (χ2n) is 2.65. The van der Waals surface area contributed by atoms with E-state index in [0.717, 1.165) is 29.1 Å². The maximum absolute atomic E-state index is 8.73. The number of benzene rings is 1. The SMILES string of the molecule is Cc1ccc(SC#N)c(SC#N)c1N=C=S. The Morgan fingerprint density at radius 1 is 1.25 bits per heavy atom. The molecule has 1 aromatic carbocycles. The molecule has 0 aliphatic heterocycles. The van der Waals surface area contributed by atoms with E-state index in [1.54, 1.807) is 6.07 Å². The first-order chi connectivity index (χ1) is 7.74. The fourth-order valence-corrected chi connectivity index (χ4v) is 2.44. The van der Waals surface area contributed by atoms with E-state index in [4.69, 9.17) is 10.5 Å². The van der Waals surface area contributed by atoms with Crippen molar-refractivity contribution in [3.63, 3.8) is 0 Å². The molecule has 1 rings (SSSR count). The Morgan fingerprint density at radius 2 is 1.94 bits per heavy atom. The number of thiocarbonyl (C=S) groups is 1. The minimum absolute atomic E-state index is 0.613. The molecular formula is C10H5N3S3. The van der Waals surface area contributed by atoms with Crippen LogP contribution in [0.1, 0.15) is 5.56 Å². The molecule has 0 amide bonds. The van der Waals surface area contributed by atoms with Gasteiger partial charge in [0.2, 0.25) is 0 Å². The predicted octanol–water partition coefficient (Wildman–Crippen LogP) is 3.88. The first kappa shape index (κ1) is 12.8. The lowest BCUT2D eigenvalue weighted by Gasteiger charge is -2.07. The highest BCUT2D eigenvalue weighted by Crippen LogP contribution is 2.39. The van der Waals surface area contributed by atoms with Crippen molar-refractivity contribution in [2.75, 3.05) is 0 Å². The molecule has 0 aliphatic rings. The normalized spacial score (nSPS) is 8.69. The largest absolute Gasteiger partial charge is 0.193 e. The van der Waals surface area contributed by atoms with Crippen molar-refractivity contribution < 1.29 is 0 Å². The van der Waals surface area contributed by atoms with Gasteiger partial charge < -0.3 is 0 Å². The number of isothiocyanates is 1. The molecule has 0 fully saturated rings. The number of thiocyanates is 2. The first-order valence-electron chi connectivity index (χ1n) is 4.08. The molecule has 0 radical (unpaired) electrons. The summed E-state index contributed by atoms with van der Waals surface area (Å²) in [6.07, 6.45) is 0. The van der Waals surface area contributed by atoms with Crippen LogP contribution >= 0.6 is 35.7 Å². The number of aliphatic imine (C=N–C) groups is 1. The van der Waals surface area contributed by atoms with E-state index in [1.165, 1.54) is 0 Å². The summed E-state index contributed by atoms with van der Waals surface area (Å²) in [4.78, 5) is 5.31. The van der Waals surface area contributed by atoms with Crippen LogP contribution in [-0.4, -0.2) is 5.16 Å². The zero-order valence-electron chi connectivity index (χ0n) is 8.22. The Kier molecular flexibility index (Phi) is 5.04.